The van der Waals surface area contributed by atoms with Crippen molar-refractivity contribution in [2.24, 2.45) is 5.92 Å². The molecule has 4 nitrogen and oxygen atoms in total. The van der Waals surface area contributed by atoms with Crippen LogP contribution in [0.5, 0.6) is 0 Å². The average molecular weight is 282 g/mol. The summed E-state index contributed by atoms with van der Waals surface area (Å²) in [5, 5.41) is 14.9. The van der Waals surface area contributed by atoms with Crippen LogP contribution in [0, 0.1) is 18.7 Å². The summed E-state index contributed by atoms with van der Waals surface area (Å²) in [6.07, 6.45) is 0.103. The highest BCUT2D eigenvalue weighted by molar-refractivity contribution is 5.73. The third-order valence-corrected chi connectivity index (χ3v) is 3.18. The Labute approximate surface area is 119 Å². The minimum absolute atomic E-state index is 0.176. The summed E-state index contributed by atoms with van der Waals surface area (Å²) in [7, 11) is 0. The fourth-order valence-electron chi connectivity index (χ4n) is 1.66. The van der Waals surface area contributed by atoms with Crippen molar-refractivity contribution in [3.05, 3.63) is 35.1 Å². The van der Waals surface area contributed by atoms with Crippen LogP contribution in [0.3, 0.4) is 0 Å². The van der Waals surface area contributed by atoms with E-state index in [2.05, 4.69) is 10.6 Å². The van der Waals surface area contributed by atoms with Gasteiger partial charge in [-0.1, -0.05) is 26.0 Å². The lowest BCUT2D eigenvalue weighted by Crippen LogP contribution is -2.37. The van der Waals surface area contributed by atoms with E-state index in [4.69, 9.17) is 0 Å². The zero-order chi connectivity index (χ0) is 15.1. The summed E-state index contributed by atoms with van der Waals surface area (Å²) in [5.41, 5.74) is 1.30. The second-order valence-electron chi connectivity index (χ2n) is 5.29. The van der Waals surface area contributed by atoms with E-state index in [-0.39, 0.29) is 24.3 Å². The van der Waals surface area contributed by atoms with Gasteiger partial charge in [0.2, 0.25) is 0 Å². The number of aliphatic hydroxyl groups excluding tert-OH is 1. The molecule has 0 bridgehead atoms. The van der Waals surface area contributed by atoms with Crippen LogP contribution in [-0.2, 0) is 6.54 Å². The van der Waals surface area contributed by atoms with E-state index in [0.717, 1.165) is 0 Å². The van der Waals surface area contributed by atoms with E-state index >= 15 is 0 Å². The van der Waals surface area contributed by atoms with Crippen molar-refractivity contribution >= 4 is 6.03 Å². The molecule has 0 spiro atoms. The van der Waals surface area contributed by atoms with Gasteiger partial charge < -0.3 is 15.7 Å². The Morgan fingerprint density at radius 1 is 1.35 bits per heavy atom. The number of aliphatic hydroxyl groups is 1. The van der Waals surface area contributed by atoms with Crippen LogP contribution in [0.2, 0.25) is 0 Å². The van der Waals surface area contributed by atoms with Crippen molar-refractivity contribution in [1.82, 2.24) is 10.6 Å². The van der Waals surface area contributed by atoms with E-state index in [1.54, 1.807) is 19.1 Å². The van der Waals surface area contributed by atoms with Crippen LogP contribution in [-0.4, -0.2) is 23.8 Å². The second kappa shape index (κ2) is 7.85. The summed E-state index contributed by atoms with van der Waals surface area (Å²) in [4.78, 5) is 11.5. The molecule has 0 aliphatic heterocycles. The van der Waals surface area contributed by atoms with Gasteiger partial charge in [0.1, 0.15) is 5.82 Å². The monoisotopic (exact) mass is 282 g/mol. The molecule has 3 N–H and O–H groups in total. The van der Waals surface area contributed by atoms with Gasteiger partial charge in [-0.2, -0.15) is 0 Å². The van der Waals surface area contributed by atoms with Crippen LogP contribution in [0.25, 0.3) is 0 Å². The van der Waals surface area contributed by atoms with Crippen molar-refractivity contribution in [1.29, 1.82) is 0 Å². The smallest absolute Gasteiger partial charge is 0.315 e. The van der Waals surface area contributed by atoms with Crippen molar-refractivity contribution in [3.63, 3.8) is 0 Å². The molecule has 1 atom stereocenters. The number of nitrogens with one attached hydrogen (secondary N) is 2. The van der Waals surface area contributed by atoms with E-state index in [9.17, 15) is 14.3 Å². The molecule has 112 valence electrons. The SMILES string of the molecule is Cc1ccc(CNC(=O)NCCC(O)C(C)C)cc1F. The molecule has 0 aromatic heterocycles. The average Bonchev–Trinajstić information content (AvgIpc) is 2.40. The molecular formula is C15H23FN2O2. The third kappa shape index (κ3) is 5.57. The van der Waals surface area contributed by atoms with Gasteiger partial charge in [-0.25, -0.2) is 9.18 Å². The maximum absolute atomic E-state index is 13.3. The van der Waals surface area contributed by atoms with Crippen LogP contribution < -0.4 is 10.6 Å². The highest BCUT2D eigenvalue weighted by Gasteiger charge is 2.09. The van der Waals surface area contributed by atoms with Gasteiger partial charge >= 0.3 is 6.03 Å². The molecule has 1 unspecified atom stereocenters. The van der Waals surface area contributed by atoms with Crippen molar-refractivity contribution in [3.8, 4) is 0 Å². The maximum Gasteiger partial charge on any atom is 0.315 e. The lowest BCUT2D eigenvalue weighted by atomic mass is 10.0. The van der Waals surface area contributed by atoms with Crippen LogP contribution in [0.15, 0.2) is 18.2 Å². The van der Waals surface area contributed by atoms with E-state index < -0.39 is 6.10 Å². The number of carbonyl (C=O) groups excluding carboxylic acids is 1. The molecule has 1 aromatic carbocycles. The maximum atomic E-state index is 13.3. The van der Waals surface area contributed by atoms with Gasteiger partial charge in [-0.3, -0.25) is 0 Å². The summed E-state index contributed by atoms with van der Waals surface area (Å²) >= 11 is 0. The number of urea groups is 1. The largest absolute Gasteiger partial charge is 0.393 e. The van der Waals surface area contributed by atoms with Crippen LogP contribution in [0.1, 0.15) is 31.4 Å². The van der Waals surface area contributed by atoms with Gasteiger partial charge in [0.15, 0.2) is 0 Å². The lowest BCUT2D eigenvalue weighted by molar-refractivity contribution is 0.116. The summed E-state index contributed by atoms with van der Waals surface area (Å²) in [6.45, 7) is 6.23. The molecule has 1 aromatic rings. The first-order valence-electron chi connectivity index (χ1n) is 6.85. The number of hydrogen-bond donors (Lipinski definition) is 3. The van der Waals surface area contributed by atoms with Gasteiger partial charge in [0.05, 0.1) is 6.10 Å². The first kappa shape index (κ1) is 16.4. The van der Waals surface area contributed by atoms with Crippen molar-refractivity contribution < 1.29 is 14.3 Å². The Bertz CT molecular complexity index is 449. The first-order valence-corrected chi connectivity index (χ1v) is 6.85. The molecular weight excluding hydrogens is 259 g/mol. The normalized spacial score (nSPS) is 12.3. The molecule has 5 heteroatoms. The summed E-state index contributed by atoms with van der Waals surface area (Å²) < 4.78 is 13.3. The Balaban J connectivity index is 2.27. The summed E-state index contributed by atoms with van der Waals surface area (Å²) in [6, 6.07) is 4.56. The lowest BCUT2D eigenvalue weighted by Gasteiger charge is -2.14. The van der Waals surface area contributed by atoms with Gasteiger partial charge in [-0.05, 0) is 36.5 Å². The molecule has 0 fully saturated rings. The Morgan fingerprint density at radius 2 is 2.05 bits per heavy atom. The predicted octanol–water partition coefficient (Wildman–Crippen LogP) is 2.34. The minimum Gasteiger partial charge on any atom is -0.393 e. The zero-order valence-electron chi connectivity index (χ0n) is 12.2. The number of benzene rings is 1. The number of rotatable bonds is 6. The molecule has 0 saturated heterocycles. The number of carbonyl (C=O) groups is 1. The van der Waals surface area contributed by atoms with Gasteiger partial charge in [-0.15, -0.1) is 0 Å². The third-order valence-electron chi connectivity index (χ3n) is 3.18. The minimum atomic E-state index is -0.415. The quantitative estimate of drug-likeness (QED) is 0.750. The highest BCUT2D eigenvalue weighted by atomic mass is 19.1. The van der Waals surface area contributed by atoms with Crippen LogP contribution >= 0.6 is 0 Å². The molecule has 1 rings (SSSR count). The topological polar surface area (TPSA) is 61.4 Å². The number of amides is 2. The Morgan fingerprint density at radius 3 is 2.65 bits per heavy atom. The second-order valence-corrected chi connectivity index (χ2v) is 5.29. The van der Waals surface area contributed by atoms with Gasteiger partial charge in [0, 0.05) is 13.1 Å². The van der Waals surface area contributed by atoms with E-state index in [1.807, 2.05) is 13.8 Å². The molecule has 20 heavy (non-hydrogen) atoms. The summed E-state index contributed by atoms with van der Waals surface area (Å²) in [5.74, 6) is -0.0971. The fraction of sp³-hybridized carbons (Fsp3) is 0.533. The Kier molecular flexibility index (Phi) is 6.45. The van der Waals surface area contributed by atoms with Crippen molar-refractivity contribution in [2.75, 3.05) is 6.54 Å². The molecule has 0 saturated carbocycles. The number of aryl methyl sites for hydroxylation is 1. The molecule has 0 aliphatic carbocycles. The predicted molar refractivity (Wildman–Crippen MR) is 76.8 cm³/mol. The molecule has 0 radical (unpaired) electrons. The first-order chi connectivity index (χ1) is 9.40. The van der Waals surface area contributed by atoms with Gasteiger partial charge in [0.25, 0.3) is 0 Å². The Hall–Kier alpha value is -1.62. The standard InChI is InChI=1S/C15H23FN2O2/c1-10(2)14(19)6-7-17-15(20)18-9-12-5-4-11(3)13(16)8-12/h4-5,8,10,14,19H,6-7,9H2,1-3H3,(H2,17,18,20). The van der Waals surface area contributed by atoms with E-state index in [0.29, 0.717) is 24.1 Å². The number of hydrogen-bond acceptors (Lipinski definition) is 2. The highest BCUT2D eigenvalue weighted by Crippen LogP contribution is 2.08. The van der Waals surface area contributed by atoms with E-state index in [1.165, 1.54) is 6.07 Å². The fourth-order valence-corrected chi connectivity index (χ4v) is 1.66. The molecule has 0 aliphatic rings. The number of halogens is 1. The van der Waals surface area contributed by atoms with Crippen molar-refractivity contribution in [2.45, 2.75) is 39.8 Å². The molecule has 0 heterocycles. The molecule has 2 amide bonds. The van der Waals surface area contributed by atoms with Crippen LogP contribution in [0.4, 0.5) is 9.18 Å². The zero-order valence-corrected chi connectivity index (χ0v) is 12.2.